The molecule has 1 aromatic heterocycles. The maximum Gasteiger partial charge on any atom is 0.252 e. The standard InChI is InChI=1S/C37H33F2N3O2S/c1-45-20-17-35(36(43)23-26-5-3-2-4-6-26)41-37(44)33-16-7-27(22-34(33)29-10-14-32(39)15-11-29)21-30(24-42-19-18-40-25-42)28-8-12-31(38)13-9-28/h2-16,18-19,21-22,25,35H,17,20,23-24H2,1H3,(H,41,44). The molecule has 0 spiro atoms. The number of nitrogens with one attached hydrogen (secondary N) is 1. The smallest absolute Gasteiger partial charge is 0.252 e. The lowest BCUT2D eigenvalue weighted by Gasteiger charge is -2.19. The number of hydrogen-bond donors (Lipinski definition) is 1. The molecular formula is C37H33F2N3O2S. The molecule has 1 unspecified atom stereocenters. The fraction of sp³-hybridized carbons (Fsp3) is 0.162. The Balaban J connectivity index is 1.50. The number of carbonyl (C=O) groups is 2. The minimum atomic E-state index is -0.661. The fourth-order valence-electron chi connectivity index (χ4n) is 5.09. The zero-order valence-electron chi connectivity index (χ0n) is 24.8. The molecule has 5 aromatic rings. The summed E-state index contributed by atoms with van der Waals surface area (Å²) in [6.07, 6.45) is 9.92. The Hall–Kier alpha value is -4.82. The van der Waals surface area contributed by atoms with Crippen LogP contribution >= 0.6 is 11.8 Å². The van der Waals surface area contributed by atoms with Gasteiger partial charge in [-0.15, -0.1) is 0 Å². The molecule has 0 aliphatic rings. The number of halogens is 2. The second-order valence-electron chi connectivity index (χ2n) is 10.7. The van der Waals surface area contributed by atoms with Gasteiger partial charge < -0.3 is 9.88 Å². The van der Waals surface area contributed by atoms with E-state index < -0.39 is 6.04 Å². The maximum absolute atomic E-state index is 13.9. The summed E-state index contributed by atoms with van der Waals surface area (Å²) < 4.78 is 29.6. The lowest BCUT2D eigenvalue weighted by molar-refractivity contribution is -0.120. The van der Waals surface area contributed by atoms with Crippen molar-refractivity contribution >= 4 is 35.1 Å². The zero-order valence-corrected chi connectivity index (χ0v) is 25.6. The molecular weight excluding hydrogens is 588 g/mol. The van der Waals surface area contributed by atoms with Gasteiger partial charge in [-0.1, -0.05) is 60.7 Å². The summed E-state index contributed by atoms with van der Waals surface area (Å²) >= 11 is 1.61. The minimum Gasteiger partial charge on any atom is -0.342 e. The van der Waals surface area contributed by atoms with E-state index in [1.807, 2.05) is 65.6 Å². The van der Waals surface area contributed by atoms with Crippen molar-refractivity contribution in [2.24, 2.45) is 0 Å². The average Bonchev–Trinajstić information content (AvgIpc) is 3.57. The summed E-state index contributed by atoms with van der Waals surface area (Å²) in [5, 5.41) is 2.99. The zero-order chi connectivity index (χ0) is 31.6. The molecule has 1 heterocycles. The maximum atomic E-state index is 13.9. The SMILES string of the molecule is CSCCC(NC(=O)c1ccc(C=C(Cn2ccnc2)c2ccc(F)cc2)cc1-c1ccc(F)cc1)C(=O)Cc1ccccc1. The van der Waals surface area contributed by atoms with E-state index in [0.717, 1.165) is 22.3 Å². The second kappa shape index (κ2) is 15.3. The van der Waals surface area contributed by atoms with E-state index in [1.165, 1.54) is 24.3 Å². The van der Waals surface area contributed by atoms with Gasteiger partial charge in [0.1, 0.15) is 11.6 Å². The third kappa shape index (κ3) is 8.64. The molecule has 1 atom stereocenters. The molecule has 4 aromatic carbocycles. The number of nitrogens with zero attached hydrogens (tertiary/aromatic N) is 2. The second-order valence-corrected chi connectivity index (χ2v) is 11.6. The Morgan fingerprint density at radius 1 is 0.933 bits per heavy atom. The molecule has 0 aliphatic carbocycles. The van der Waals surface area contributed by atoms with Crippen LogP contribution in [0.15, 0.2) is 116 Å². The van der Waals surface area contributed by atoms with Gasteiger partial charge in [-0.3, -0.25) is 9.59 Å². The molecule has 8 heteroatoms. The van der Waals surface area contributed by atoms with Crippen molar-refractivity contribution in [3.8, 4) is 11.1 Å². The molecule has 0 bridgehead atoms. The van der Waals surface area contributed by atoms with Gasteiger partial charge in [0.2, 0.25) is 0 Å². The molecule has 228 valence electrons. The minimum absolute atomic E-state index is 0.0603. The summed E-state index contributed by atoms with van der Waals surface area (Å²) in [7, 11) is 0. The van der Waals surface area contributed by atoms with Crippen LogP contribution in [-0.2, 0) is 17.8 Å². The highest BCUT2D eigenvalue weighted by Gasteiger charge is 2.23. The average molecular weight is 622 g/mol. The van der Waals surface area contributed by atoms with E-state index in [-0.39, 0.29) is 29.7 Å². The molecule has 5 nitrogen and oxygen atoms in total. The van der Waals surface area contributed by atoms with Crippen LogP contribution in [0.3, 0.4) is 0 Å². The van der Waals surface area contributed by atoms with Crippen molar-refractivity contribution in [3.63, 3.8) is 0 Å². The number of thioether (sulfide) groups is 1. The van der Waals surface area contributed by atoms with Crippen LogP contribution < -0.4 is 5.32 Å². The van der Waals surface area contributed by atoms with Crippen molar-refractivity contribution in [1.82, 2.24) is 14.9 Å². The molecule has 0 aliphatic heterocycles. The first kappa shape index (κ1) is 31.6. The highest BCUT2D eigenvalue weighted by Crippen LogP contribution is 2.29. The fourth-order valence-corrected chi connectivity index (χ4v) is 5.56. The summed E-state index contributed by atoms with van der Waals surface area (Å²) in [5.74, 6) is -0.441. The van der Waals surface area contributed by atoms with E-state index in [1.54, 1.807) is 54.6 Å². The van der Waals surface area contributed by atoms with Crippen LogP contribution in [0.25, 0.3) is 22.8 Å². The normalized spacial score (nSPS) is 12.1. The van der Waals surface area contributed by atoms with E-state index >= 15 is 0 Å². The van der Waals surface area contributed by atoms with Crippen LogP contribution in [0, 0.1) is 11.6 Å². The highest BCUT2D eigenvalue weighted by atomic mass is 32.2. The van der Waals surface area contributed by atoms with Gasteiger partial charge in [-0.2, -0.15) is 11.8 Å². The Kier molecular flexibility index (Phi) is 10.7. The number of aromatic nitrogens is 2. The monoisotopic (exact) mass is 621 g/mol. The van der Waals surface area contributed by atoms with Gasteiger partial charge in [0, 0.05) is 30.9 Å². The highest BCUT2D eigenvalue weighted by molar-refractivity contribution is 7.98. The van der Waals surface area contributed by atoms with E-state index in [4.69, 9.17) is 0 Å². The Morgan fingerprint density at radius 2 is 1.64 bits per heavy atom. The number of benzene rings is 4. The van der Waals surface area contributed by atoms with Crippen molar-refractivity contribution in [1.29, 1.82) is 0 Å². The third-order valence-electron chi connectivity index (χ3n) is 7.44. The number of hydrogen-bond acceptors (Lipinski definition) is 4. The molecule has 0 saturated carbocycles. The van der Waals surface area contributed by atoms with Crippen LogP contribution in [0.4, 0.5) is 8.78 Å². The molecule has 1 N–H and O–H groups in total. The van der Waals surface area contributed by atoms with Gasteiger partial charge in [0.15, 0.2) is 5.78 Å². The number of amides is 1. The lowest BCUT2D eigenvalue weighted by Crippen LogP contribution is -2.42. The molecule has 1 amide bonds. The van der Waals surface area contributed by atoms with Gasteiger partial charge in [0.05, 0.1) is 12.4 Å². The summed E-state index contributed by atoms with van der Waals surface area (Å²) in [4.78, 5) is 31.3. The molecule has 45 heavy (non-hydrogen) atoms. The number of carbonyl (C=O) groups excluding carboxylic acids is 2. The summed E-state index contributed by atoms with van der Waals surface area (Å²) in [6, 6.07) is 26.5. The van der Waals surface area contributed by atoms with Crippen LogP contribution in [-0.4, -0.2) is 39.3 Å². The topological polar surface area (TPSA) is 64.0 Å². The van der Waals surface area contributed by atoms with E-state index in [9.17, 15) is 18.4 Å². The van der Waals surface area contributed by atoms with Gasteiger partial charge >= 0.3 is 0 Å². The lowest BCUT2D eigenvalue weighted by atomic mass is 9.94. The van der Waals surface area contributed by atoms with E-state index in [0.29, 0.717) is 35.4 Å². The Labute approximate surface area is 266 Å². The van der Waals surface area contributed by atoms with Crippen LogP contribution in [0.2, 0.25) is 0 Å². The first-order chi connectivity index (χ1) is 21.9. The summed E-state index contributed by atoms with van der Waals surface area (Å²) in [5.41, 5.74) is 5.06. The van der Waals surface area contributed by atoms with Crippen molar-refractivity contribution in [3.05, 3.63) is 150 Å². The van der Waals surface area contributed by atoms with Gasteiger partial charge in [-0.05, 0) is 94.3 Å². The first-order valence-corrected chi connectivity index (χ1v) is 16.0. The molecule has 0 radical (unpaired) electrons. The Morgan fingerprint density at radius 3 is 2.31 bits per heavy atom. The van der Waals surface area contributed by atoms with Crippen molar-refractivity contribution < 1.29 is 18.4 Å². The van der Waals surface area contributed by atoms with Gasteiger partial charge in [-0.25, -0.2) is 13.8 Å². The third-order valence-corrected chi connectivity index (χ3v) is 8.08. The largest absolute Gasteiger partial charge is 0.342 e. The van der Waals surface area contributed by atoms with E-state index in [2.05, 4.69) is 10.3 Å². The number of ketones is 1. The number of imidazole rings is 1. The van der Waals surface area contributed by atoms with Crippen LogP contribution in [0.1, 0.15) is 33.5 Å². The van der Waals surface area contributed by atoms with Crippen LogP contribution in [0.5, 0.6) is 0 Å². The van der Waals surface area contributed by atoms with Gasteiger partial charge in [0.25, 0.3) is 5.91 Å². The summed E-state index contributed by atoms with van der Waals surface area (Å²) in [6.45, 7) is 0.487. The number of allylic oxidation sites excluding steroid dienone is 1. The predicted molar refractivity (Wildman–Crippen MR) is 178 cm³/mol. The predicted octanol–water partition coefficient (Wildman–Crippen LogP) is 7.73. The molecule has 5 rings (SSSR count). The first-order valence-electron chi connectivity index (χ1n) is 14.6. The quantitative estimate of drug-likeness (QED) is 0.137. The van der Waals surface area contributed by atoms with Crippen molar-refractivity contribution in [2.45, 2.75) is 25.4 Å². The Bertz CT molecular complexity index is 1750. The number of rotatable bonds is 13. The molecule has 0 saturated heterocycles. The molecule has 0 fully saturated rings. The number of Topliss-reactive ketones (excluding diaryl/α,β-unsaturated/α-hetero) is 1. The van der Waals surface area contributed by atoms with Crippen molar-refractivity contribution in [2.75, 3.05) is 12.0 Å².